The van der Waals surface area contributed by atoms with Crippen LogP contribution in [0.5, 0.6) is 0 Å². The molecule has 0 atom stereocenters. The van der Waals surface area contributed by atoms with Crippen LogP contribution in [0.1, 0.15) is 43.3 Å². The lowest BCUT2D eigenvalue weighted by atomic mass is 9.87. The number of nitrogens with one attached hydrogen (secondary N) is 1. The predicted octanol–water partition coefficient (Wildman–Crippen LogP) is 5.59. The minimum atomic E-state index is 0.0926. The zero-order valence-corrected chi connectivity index (χ0v) is 19.2. The molecular weight excluding hydrogens is 404 g/mol. The van der Waals surface area contributed by atoms with Gasteiger partial charge in [-0.05, 0) is 49.2 Å². The van der Waals surface area contributed by atoms with Crippen molar-refractivity contribution in [1.29, 1.82) is 0 Å². The Morgan fingerprint density at radius 2 is 1.68 bits per heavy atom. The molecule has 2 heterocycles. The molecule has 2 aromatic carbocycles. The van der Waals surface area contributed by atoms with Crippen LogP contribution in [0.2, 0.25) is 0 Å². The SMILES string of the molecule is Cc1nn(-c2ccccc2)c(C)c1/C=N/n1c(-c2ccc(C(C)(C)C)cc2)n[nH]c1=S. The fraction of sp³-hybridized carbons (Fsp3) is 0.250. The summed E-state index contributed by atoms with van der Waals surface area (Å²) in [5, 5.41) is 16.6. The molecule has 0 unspecified atom stereocenters. The third-order valence-corrected chi connectivity index (χ3v) is 5.57. The van der Waals surface area contributed by atoms with Crippen molar-refractivity contribution in [3.63, 3.8) is 0 Å². The van der Waals surface area contributed by atoms with Crippen LogP contribution < -0.4 is 0 Å². The lowest BCUT2D eigenvalue weighted by Gasteiger charge is -2.18. The van der Waals surface area contributed by atoms with Gasteiger partial charge in [-0.3, -0.25) is 0 Å². The van der Waals surface area contributed by atoms with Crippen molar-refractivity contribution in [2.24, 2.45) is 5.10 Å². The smallest absolute Gasteiger partial charge is 0.216 e. The first-order valence-corrected chi connectivity index (χ1v) is 10.6. The van der Waals surface area contributed by atoms with Gasteiger partial charge in [0.2, 0.25) is 4.77 Å². The van der Waals surface area contributed by atoms with Crippen LogP contribution in [-0.2, 0) is 5.41 Å². The van der Waals surface area contributed by atoms with E-state index in [1.807, 2.05) is 48.9 Å². The molecule has 0 spiro atoms. The molecule has 4 rings (SSSR count). The number of H-pyrrole nitrogens is 1. The molecule has 2 aromatic heterocycles. The molecule has 0 saturated heterocycles. The number of aryl methyl sites for hydroxylation is 1. The number of rotatable bonds is 4. The normalized spacial score (nSPS) is 12.0. The third kappa shape index (κ3) is 4.14. The van der Waals surface area contributed by atoms with Crippen molar-refractivity contribution in [2.45, 2.75) is 40.0 Å². The molecule has 7 heteroatoms. The Labute approximate surface area is 187 Å². The van der Waals surface area contributed by atoms with E-state index in [4.69, 9.17) is 12.2 Å². The van der Waals surface area contributed by atoms with Gasteiger partial charge in [-0.2, -0.15) is 20.0 Å². The monoisotopic (exact) mass is 430 g/mol. The molecule has 0 aliphatic carbocycles. The molecule has 158 valence electrons. The maximum Gasteiger partial charge on any atom is 0.216 e. The Bertz CT molecular complexity index is 1280. The highest BCUT2D eigenvalue weighted by atomic mass is 32.1. The first-order valence-electron chi connectivity index (χ1n) is 10.2. The van der Waals surface area contributed by atoms with Crippen LogP contribution in [-0.4, -0.2) is 30.9 Å². The Balaban J connectivity index is 1.70. The van der Waals surface area contributed by atoms with Crippen LogP contribution in [0, 0.1) is 18.6 Å². The summed E-state index contributed by atoms with van der Waals surface area (Å²) >= 11 is 5.43. The topological polar surface area (TPSA) is 63.8 Å². The van der Waals surface area contributed by atoms with Gasteiger partial charge in [0.05, 0.1) is 23.3 Å². The van der Waals surface area contributed by atoms with Gasteiger partial charge in [0.1, 0.15) is 0 Å². The third-order valence-electron chi connectivity index (χ3n) is 5.31. The second-order valence-electron chi connectivity index (χ2n) is 8.57. The molecule has 0 saturated carbocycles. The Hall–Kier alpha value is -3.32. The van der Waals surface area contributed by atoms with E-state index in [1.54, 1.807) is 10.9 Å². The van der Waals surface area contributed by atoms with Gasteiger partial charge < -0.3 is 0 Å². The Morgan fingerprint density at radius 3 is 2.32 bits per heavy atom. The van der Waals surface area contributed by atoms with Gasteiger partial charge in [0.15, 0.2) is 5.82 Å². The van der Waals surface area contributed by atoms with Gasteiger partial charge in [0.25, 0.3) is 0 Å². The molecule has 6 nitrogen and oxygen atoms in total. The van der Waals surface area contributed by atoms with Crippen molar-refractivity contribution >= 4 is 18.4 Å². The number of hydrogen-bond acceptors (Lipinski definition) is 4. The average Bonchev–Trinajstić information content (AvgIpc) is 3.25. The van der Waals surface area contributed by atoms with Crippen molar-refractivity contribution in [1.82, 2.24) is 24.7 Å². The lowest BCUT2D eigenvalue weighted by Crippen LogP contribution is -2.10. The molecule has 1 N–H and O–H groups in total. The van der Waals surface area contributed by atoms with E-state index in [1.165, 1.54) is 5.56 Å². The van der Waals surface area contributed by atoms with Crippen LogP contribution in [0.3, 0.4) is 0 Å². The van der Waals surface area contributed by atoms with E-state index < -0.39 is 0 Å². The first kappa shape index (κ1) is 20.9. The largest absolute Gasteiger partial charge is 0.250 e. The number of hydrogen-bond donors (Lipinski definition) is 1. The molecular formula is C24H26N6S. The molecule has 0 fully saturated rings. The molecule has 0 aliphatic heterocycles. The minimum absolute atomic E-state index is 0.0926. The van der Waals surface area contributed by atoms with E-state index in [2.05, 4.69) is 65.4 Å². The molecule has 0 bridgehead atoms. The maximum atomic E-state index is 5.43. The van der Waals surface area contributed by atoms with E-state index >= 15 is 0 Å². The highest BCUT2D eigenvalue weighted by Crippen LogP contribution is 2.25. The molecule has 0 radical (unpaired) electrons. The summed E-state index contributed by atoms with van der Waals surface area (Å²) in [5.74, 6) is 0.674. The first-order chi connectivity index (χ1) is 14.8. The molecule has 4 aromatic rings. The number of nitrogens with zero attached hydrogens (tertiary/aromatic N) is 5. The summed E-state index contributed by atoms with van der Waals surface area (Å²) < 4.78 is 4.02. The maximum absolute atomic E-state index is 5.43. The number of aromatic amines is 1. The zero-order chi connectivity index (χ0) is 22.2. The Kier molecular flexibility index (Phi) is 5.45. The second-order valence-corrected chi connectivity index (χ2v) is 8.95. The summed E-state index contributed by atoms with van der Waals surface area (Å²) in [6.07, 6.45) is 1.80. The highest BCUT2D eigenvalue weighted by molar-refractivity contribution is 7.71. The fourth-order valence-corrected chi connectivity index (χ4v) is 3.66. The summed E-state index contributed by atoms with van der Waals surface area (Å²) in [5.41, 5.74) is 6.19. The minimum Gasteiger partial charge on any atom is -0.250 e. The number of aromatic nitrogens is 5. The molecule has 31 heavy (non-hydrogen) atoms. The zero-order valence-electron chi connectivity index (χ0n) is 18.4. The van der Waals surface area contributed by atoms with E-state index in [0.29, 0.717) is 10.6 Å². The summed E-state index contributed by atoms with van der Waals surface area (Å²) in [6.45, 7) is 10.6. The van der Waals surface area contributed by atoms with E-state index in [9.17, 15) is 0 Å². The summed E-state index contributed by atoms with van der Waals surface area (Å²) in [7, 11) is 0. The molecule has 0 amide bonds. The van der Waals surface area contributed by atoms with Crippen LogP contribution in [0.4, 0.5) is 0 Å². The van der Waals surface area contributed by atoms with Gasteiger partial charge in [0, 0.05) is 11.1 Å². The predicted molar refractivity (Wildman–Crippen MR) is 128 cm³/mol. The number of benzene rings is 2. The van der Waals surface area contributed by atoms with Crippen LogP contribution in [0.25, 0.3) is 17.1 Å². The van der Waals surface area contributed by atoms with Crippen molar-refractivity contribution in [2.75, 3.05) is 0 Å². The Morgan fingerprint density at radius 1 is 1.00 bits per heavy atom. The van der Waals surface area contributed by atoms with Crippen molar-refractivity contribution < 1.29 is 0 Å². The standard InChI is InChI=1S/C24H26N6S/c1-16-21(17(2)29(28-16)20-9-7-6-8-10-20)15-25-30-22(26-27-23(30)31)18-11-13-19(14-12-18)24(3,4)5/h6-15H,1-5H3,(H,27,31)/b25-15+. The lowest BCUT2D eigenvalue weighted by molar-refractivity contribution is 0.590. The van der Waals surface area contributed by atoms with Crippen LogP contribution in [0.15, 0.2) is 59.7 Å². The fourth-order valence-electron chi connectivity index (χ4n) is 3.48. The number of para-hydroxylation sites is 1. The highest BCUT2D eigenvalue weighted by Gasteiger charge is 2.15. The quantitative estimate of drug-likeness (QED) is 0.339. The van der Waals surface area contributed by atoms with Gasteiger partial charge in [-0.25, -0.2) is 9.78 Å². The van der Waals surface area contributed by atoms with Gasteiger partial charge >= 0.3 is 0 Å². The van der Waals surface area contributed by atoms with Crippen molar-refractivity contribution in [3.05, 3.63) is 81.9 Å². The van der Waals surface area contributed by atoms with Crippen molar-refractivity contribution in [3.8, 4) is 17.1 Å². The van der Waals surface area contributed by atoms with E-state index in [0.717, 1.165) is 28.2 Å². The summed E-state index contributed by atoms with van der Waals surface area (Å²) in [4.78, 5) is 0. The van der Waals surface area contributed by atoms with Crippen LogP contribution >= 0.6 is 12.2 Å². The molecule has 0 aliphatic rings. The van der Waals surface area contributed by atoms with Gasteiger partial charge in [-0.15, -0.1) is 0 Å². The average molecular weight is 431 g/mol. The second kappa shape index (κ2) is 8.07. The van der Waals surface area contributed by atoms with Gasteiger partial charge in [-0.1, -0.05) is 63.2 Å². The summed E-state index contributed by atoms with van der Waals surface area (Å²) in [6, 6.07) is 18.4. The van der Waals surface area contributed by atoms with E-state index in [-0.39, 0.29) is 5.41 Å².